The van der Waals surface area contributed by atoms with Crippen molar-refractivity contribution in [3.63, 3.8) is 0 Å². The highest BCUT2D eigenvalue weighted by Crippen LogP contribution is 2.17. The van der Waals surface area contributed by atoms with Gasteiger partial charge in [0.2, 0.25) is 0 Å². The lowest BCUT2D eigenvalue weighted by Crippen LogP contribution is -2.04. The van der Waals surface area contributed by atoms with E-state index in [0.29, 0.717) is 0 Å². The zero-order chi connectivity index (χ0) is 9.52. The van der Waals surface area contributed by atoms with Gasteiger partial charge in [-0.3, -0.25) is 0 Å². The summed E-state index contributed by atoms with van der Waals surface area (Å²) < 4.78 is 0. The summed E-state index contributed by atoms with van der Waals surface area (Å²) >= 11 is 0. The van der Waals surface area contributed by atoms with Crippen LogP contribution in [0.5, 0.6) is 0 Å². The Morgan fingerprint density at radius 3 is 2.46 bits per heavy atom. The van der Waals surface area contributed by atoms with Crippen molar-refractivity contribution in [3.8, 4) is 0 Å². The van der Waals surface area contributed by atoms with Gasteiger partial charge in [-0.05, 0) is 12.8 Å². The Balaban J connectivity index is 1.83. The summed E-state index contributed by atoms with van der Waals surface area (Å²) in [6.45, 7) is 5.76. The first-order valence-corrected chi connectivity index (χ1v) is 5.91. The van der Waals surface area contributed by atoms with Gasteiger partial charge in [0.05, 0.1) is 6.17 Å². The van der Waals surface area contributed by atoms with Crippen molar-refractivity contribution < 1.29 is 0 Å². The van der Waals surface area contributed by atoms with Crippen LogP contribution in [0.4, 0.5) is 0 Å². The molecule has 1 rings (SSSR count). The van der Waals surface area contributed by atoms with E-state index in [9.17, 15) is 0 Å². The minimum Gasteiger partial charge on any atom is -0.235 e. The van der Waals surface area contributed by atoms with Crippen molar-refractivity contribution in [1.29, 1.82) is 0 Å². The SMILES string of the molecule is CCCCCCC1NN1CCCC. The monoisotopic (exact) mass is 184 g/mol. The van der Waals surface area contributed by atoms with E-state index < -0.39 is 0 Å². The van der Waals surface area contributed by atoms with E-state index in [-0.39, 0.29) is 0 Å². The van der Waals surface area contributed by atoms with Gasteiger partial charge >= 0.3 is 0 Å². The third-order valence-electron chi connectivity index (χ3n) is 2.71. The molecule has 1 aliphatic rings. The number of unbranched alkanes of at least 4 members (excludes halogenated alkanes) is 4. The molecule has 2 nitrogen and oxygen atoms in total. The molecule has 13 heavy (non-hydrogen) atoms. The van der Waals surface area contributed by atoms with E-state index in [0.717, 1.165) is 6.17 Å². The van der Waals surface area contributed by atoms with E-state index in [4.69, 9.17) is 0 Å². The van der Waals surface area contributed by atoms with Gasteiger partial charge in [-0.25, -0.2) is 10.4 Å². The predicted octanol–water partition coefficient (Wildman–Crippen LogP) is 2.90. The van der Waals surface area contributed by atoms with Gasteiger partial charge in [0.15, 0.2) is 0 Å². The second-order valence-corrected chi connectivity index (χ2v) is 4.04. The molecule has 0 aliphatic carbocycles. The van der Waals surface area contributed by atoms with Gasteiger partial charge < -0.3 is 0 Å². The summed E-state index contributed by atoms with van der Waals surface area (Å²) in [7, 11) is 0. The van der Waals surface area contributed by atoms with Crippen LogP contribution in [0, 0.1) is 0 Å². The zero-order valence-corrected chi connectivity index (χ0v) is 9.18. The topological polar surface area (TPSA) is 25.0 Å². The molecule has 0 saturated carbocycles. The van der Waals surface area contributed by atoms with Crippen LogP contribution < -0.4 is 5.43 Å². The minimum atomic E-state index is 0.725. The van der Waals surface area contributed by atoms with E-state index in [1.807, 2.05) is 0 Å². The summed E-state index contributed by atoms with van der Waals surface area (Å²) in [5.74, 6) is 0. The summed E-state index contributed by atoms with van der Waals surface area (Å²) in [6, 6.07) is 0. The summed E-state index contributed by atoms with van der Waals surface area (Å²) in [5.41, 5.74) is 3.41. The largest absolute Gasteiger partial charge is 0.235 e. The molecule has 1 saturated heterocycles. The Morgan fingerprint density at radius 2 is 1.77 bits per heavy atom. The quantitative estimate of drug-likeness (QED) is 0.463. The molecule has 2 unspecified atom stereocenters. The van der Waals surface area contributed by atoms with Crippen molar-refractivity contribution in [2.24, 2.45) is 0 Å². The Labute approximate surface area is 82.7 Å². The summed E-state index contributed by atoms with van der Waals surface area (Å²) in [5, 5.41) is 2.38. The molecule has 0 spiro atoms. The fourth-order valence-electron chi connectivity index (χ4n) is 1.69. The third kappa shape index (κ3) is 4.63. The van der Waals surface area contributed by atoms with E-state index in [2.05, 4.69) is 24.3 Å². The Kier molecular flexibility index (Phi) is 5.40. The Morgan fingerprint density at radius 1 is 1.00 bits per heavy atom. The average molecular weight is 184 g/mol. The average Bonchev–Trinajstić information content (AvgIpc) is 2.88. The van der Waals surface area contributed by atoms with Crippen molar-refractivity contribution in [2.75, 3.05) is 6.54 Å². The maximum atomic E-state index is 3.41. The lowest BCUT2D eigenvalue weighted by atomic mass is 10.1. The molecule has 0 amide bonds. The van der Waals surface area contributed by atoms with Gasteiger partial charge in [0.1, 0.15) is 0 Å². The van der Waals surface area contributed by atoms with Gasteiger partial charge in [-0.1, -0.05) is 46.0 Å². The lowest BCUT2D eigenvalue weighted by Gasteiger charge is -1.99. The zero-order valence-electron chi connectivity index (χ0n) is 9.18. The van der Waals surface area contributed by atoms with Crippen LogP contribution in [0.1, 0.15) is 58.8 Å². The number of nitrogens with one attached hydrogen (secondary N) is 1. The molecule has 1 N–H and O–H groups in total. The molecule has 0 aromatic heterocycles. The molecular formula is C11H24N2. The molecule has 78 valence electrons. The second kappa shape index (κ2) is 6.39. The van der Waals surface area contributed by atoms with Gasteiger partial charge in [0, 0.05) is 6.54 Å². The van der Waals surface area contributed by atoms with Crippen molar-refractivity contribution in [2.45, 2.75) is 65.0 Å². The van der Waals surface area contributed by atoms with Crippen molar-refractivity contribution in [3.05, 3.63) is 0 Å². The summed E-state index contributed by atoms with van der Waals surface area (Å²) in [4.78, 5) is 0. The maximum Gasteiger partial charge on any atom is 0.0863 e. The molecule has 1 heterocycles. The molecular weight excluding hydrogens is 160 g/mol. The van der Waals surface area contributed by atoms with Gasteiger partial charge in [-0.2, -0.15) is 0 Å². The molecule has 0 bridgehead atoms. The van der Waals surface area contributed by atoms with E-state index in [1.165, 1.54) is 51.5 Å². The normalized spacial score (nSPS) is 26.3. The Hall–Kier alpha value is -0.0800. The van der Waals surface area contributed by atoms with Gasteiger partial charge in [-0.15, -0.1) is 0 Å². The van der Waals surface area contributed by atoms with Crippen LogP contribution in [0.2, 0.25) is 0 Å². The number of rotatable bonds is 8. The van der Waals surface area contributed by atoms with Crippen molar-refractivity contribution in [1.82, 2.24) is 10.4 Å². The first-order valence-electron chi connectivity index (χ1n) is 5.91. The van der Waals surface area contributed by atoms with E-state index >= 15 is 0 Å². The molecule has 1 fully saturated rings. The number of nitrogens with zero attached hydrogens (tertiary/aromatic N) is 1. The van der Waals surface area contributed by atoms with Crippen LogP contribution in [0.15, 0.2) is 0 Å². The molecule has 2 heteroatoms. The van der Waals surface area contributed by atoms with Crippen LogP contribution in [0.3, 0.4) is 0 Å². The van der Waals surface area contributed by atoms with Crippen LogP contribution in [-0.2, 0) is 0 Å². The Bertz CT molecular complexity index is 125. The molecule has 0 aromatic carbocycles. The van der Waals surface area contributed by atoms with Crippen LogP contribution in [0.25, 0.3) is 0 Å². The number of hydrazine groups is 1. The molecule has 0 aromatic rings. The smallest absolute Gasteiger partial charge is 0.0863 e. The van der Waals surface area contributed by atoms with E-state index in [1.54, 1.807) is 0 Å². The standard InChI is InChI=1S/C11H24N2/c1-3-5-7-8-9-11-12-13(11)10-6-4-2/h11-12H,3-10H2,1-2H3. The fourth-order valence-corrected chi connectivity index (χ4v) is 1.69. The van der Waals surface area contributed by atoms with Crippen LogP contribution in [-0.4, -0.2) is 17.7 Å². The minimum absolute atomic E-state index is 0.725. The molecule has 0 radical (unpaired) electrons. The highest BCUT2D eigenvalue weighted by atomic mass is 15.7. The highest BCUT2D eigenvalue weighted by molar-refractivity contribution is 4.77. The lowest BCUT2D eigenvalue weighted by molar-refractivity contribution is 0.447. The molecule has 2 atom stereocenters. The first-order chi connectivity index (χ1) is 6.38. The molecule has 1 aliphatic heterocycles. The number of hydrogen-bond donors (Lipinski definition) is 1. The highest BCUT2D eigenvalue weighted by Gasteiger charge is 2.30. The number of hydrogen-bond acceptors (Lipinski definition) is 2. The van der Waals surface area contributed by atoms with Crippen LogP contribution >= 0.6 is 0 Å². The summed E-state index contributed by atoms with van der Waals surface area (Å²) in [6.07, 6.45) is 10.3. The van der Waals surface area contributed by atoms with Crippen molar-refractivity contribution >= 4 is 0 Å². The first kappa shape index (κ1) is 11.0. The van der Waals surface area contributed by atoms with Gasteiger partial charge in [0.25, 0.3) is 0 Å². The third-order valence-corrected chi connectivity index (χ3v) is 2.71. The fraction of sp³-hybridized carbons (Fsp3) is 1.00. The predicted molar refractivity (Wildman–Crippen MR) is 57.3 cm³/mol. The second-order valence-electron chi connectivity index (χ2n) is 4.04. The maximum absolute atomic E-state index is 3.41.